The maximum Gasteiger partial charge on any atom is 0.435 e. The molecule has 3 rings (SSSR count). The molecule has 8 nitrogen and oxygen atoms in total. The van der Waals surface area contributed by atoms with Crippen molar-refractivity contribution in [3.8, 4) is 0 Å². The zero-order valence-electron chi connectivity index (χ0n) is 19.0. The van der Waals surface area contributed by atoms with Gasteiger partial charge in [-0.05, 0) is 11.1 Å². The molecule has 1 heterocycles. The van der Waals surface area contributed by atoms with E-state index in [-0.39, 0.29) is 6.42 Å². The van der Waals surface area contributed by atoms with Crippen LogP contribution in [0.15, 0.2) is 66.9 Å². The van der Waals surface area contributed by atoms with Crippen LogP contribution in [0, 0.1) is 0 Å². The first-order valence-corrected chi connectivity index (χ1v) is 10.6. The third-order valence-electron chi connectivity index (χ3n) is 5.17. The van der Waals surface area contributed by atoms with Crippen LogP contribution in [0.3, 0.4) is 0 Å². The Morgan fingerprint density at radius 3 is 2.14 bits per heavy atom. The van der Waals surface area contributed by atoms with Crippen molar-refractivity contribution in [2.24, 2.45) is 7.05 Å². The predicted molar refractivity (Wildman–Crippen MR) is 121 cm³/mol. The van der Waals surface area contributed by atoms with Crippen molar-refractivity contribution < 1.29 is 27.6 Å². The molecule has 2 atom stereocenters. The van der Waals surface area contributed by atoms with E-state index in [1.807, 2.05) is 0 Å². The highest BCUT2D eigenvalue weighted by atomic mass is 19.4. The van der Waals surface area contributed by atoms with Gasteiger partial charge in [-0.3, -0.25) is 19.1 Å². The van der Waals surface area contributed by atoms with Gasteiger partial charge in [0, 0.05) is 20.3 Å². The number of carbonyl (C=O) groups is 3. The van der Waals surface area contributed by atoms with Crippen LogP contribution in [0.5, 0.6) is 0 Å². The lowest BCUT2D eigenvalue weighted by Gasteiger charge is -2.28. The molecule has 11 heteroatoms. The maximum absolute atomic E-state index is 13.4. The Morgan fingerprint density at radius 2 is 1.57 bits per heavy atom. The summed E-state index contributed by atoms with van der Waals surface area (Å²) >= 11 is 0. The van der Waals surface area contributed by atoms with Gasteiger partial charge in [-0.25, -0.2) is 0 Å². The van der Waals surface area contributed by atoms with Gasteiger partial charge >= 0.3 is 6.18 Å². The number of hydrogen-bond donors (Lipinski definition) is 3. The maximum atomic E-state index is 13.4. The number of halogens is 3. The molecular formula is C24H24F3N5O3. The Labute approximate surface area is 199 Å². The number of benzene rings is 2. The number of amides is 3. The number of aromatic nitrogens is 2. The molecule has 35 heavy (non-hydrogen) atoms. The van der Waals surface area contributed by atoms with E-state index in [0.717, 1.165) is 16.4 Å². The van der Waals surface area contributed by atoms with Crippen LogP contribution in [0.1, 0.15) is 33.2 Å². The lowest BCUT2D eigenvalue weighted by molar-refractivity contribution is -0.141. The van der Waals surface area contributed by atoms with Gasteiger partial charge in [0.25, 0.3) is 5.91 Å². The second-order valence-electron chi connectivity index (χ2n) is 7.75. The van der Waals surface area contributed by atoms with Crippen molar-refractivity contribution in [1.82, 2.24) is 25.7 Å². The second kappa shape index (κ2) is 10.9. The molecule has 0 spiro atoms. The molecule has 3 N–H and O–H groups in total. The highest BCUT2D eigenvalue weighted by Gasteiger charge is 2.40. The molecule has 3 amide bonds. The van der Waals surface area contributed by atoms with Crippen LogP contribution in [0.2, 0.25) is 0 Å². The fourth-order valence-corrected chi connectivity index (χ4v) is 3.56. The molecule has 0 aliphatic carbocycles. The monoisotopic (exact) mass is 487 g/mol. The minimum atomic E-state index is -4.88. The first-order chi connectivity index (χ1) is 16.6. The average molecular weight is 487 g/mol. The topological polar surface area (TPSA) is 105 Å². The van der Waals surface area contributed by atoms with Gasteiger partial charge in [0.05, 0.1) is 18.0 Å². The summed E-state index contributed by atoms with van der Waals surface area (Å²) in [6, 6.07) is 14.7. The number of aryl methyl sites for hydroxylation is 1. The zero-order chi connectivity index (χ0) is 25.6. The summed E-state index contributed by atoms with van der Waals surface area (Å²) in [5.74, 6) is -2.30. The van der Waals surface area contributed by atoms with Gasteiger partial charge in [0.15, 0.2) is 5.69 Å². The molecule has 0 bridgehead atoms. The second-order valence-corrected chi connectivity index (χ2v) is 7.75. The molecular weight excluding hydrogens is 463 g/mol. The molecule has 0 fully saturated rings. The molecule has 184 valence electrons. The van der Waals surface area contributed by atoms with E-state index < -0.39 is 47.2 Å². The highest BCUT2D eigenvalue weighted by Crippen LogP contribution is 2.30. The summed E-state index contributed by atoms with van der Waals surface area (Å²) in [7, 11) is 2.57. The molecule has 0 aliphatic rings. The molecule has 0 radical (unpaired) electrons. The Balaban J connectivity index is 1.94. The number of alkyl halides is 3. The molecule has 0 saturated carbocycles. The van der Waals surface area contributed by atoms with E-state index in [4.69, 9.17) is 0 Å². The van der Waals surface area contributed by atoms with Gasteiger partial charge in [0.1, 0.15) is 6.04 Å². The summed E-state index contributed by atoms with van der Waals surface area (Å²) < 4.78 is 41.0. The number of carbonyl (C=O) groups excluding carboxylic acids is 3. The highest BCUT2D eigenvalue weighted by molar-refractivity contribution is 5.99. The van der Waals surface area contributed by atoms with Gasteiger partial charge in [-0.2, -0.15) is 18.3 Å². The van der Waals surface area contributed by atoms with Crippen LogP contribution in [-0.2, 0) is 29.2 Å². The average Bonchev–Trinajstić information content (AvgIpc) is 3.24. The largest absolute Gasteiger partial charge is 0.435 e. The minimum Gasteiger partial charge on any atom is -0.357 e. The van der Waals surface area contributed by atoms with Gasteiger partial charge in [0.2, 0.25) is 11.8 Å². The van der Waals surface area contributed by atoms with E-state index in [1.54, 1.807) is 60.7 Å². The molecule has 3 aromatic rings. The summed E-state index contributed by atoms with van der Waals surface area (Å²) in [5.41, 5.74) is -0.915. The van der Waals surface area contributed by atoms with Crippen molar-refractivity contribution in [2.45, 2.75) is 24.7 Å². The number of likely N-dealkylation sites (N-methyl/N-ethyl adjacent to an activating group) is 1. The molecule has 2 aromatic carbocycles. The fraction of sp³-hybridized carbons (Fsp3) is 0.250. The lowest BCUT2D eigenvalue weighted by Crippen LogP contribution is -2.54. The van der Waals surface area contributed by atoms with E-state index in [0.29, 0.717) is 5.56 Å². The smallest absolute Gasteiger partial charge is 0.357 e. The third-order valence-corrected chi connectivity index (χ3v) is 5.17. The first kappa shape index (κ1) is 25.5. The third kappa shape index (κ3) is 6.46. The fourth-order valence-electron chi connectivity index (χ4n) is 3.56. The van der Waals surface area contributed by atoms with Crippen LogP contribution in [0.4, 0.5) is 13.2 Å². The van der Waals surface area contributed by atoms with E-state index in [9.17, 15) is 27.6 Å². The van der Waals surface area contributed by atoms with Crippen LogP contribution in [0.25, 0.3) is 0 Å². The molecule has 0 aliphatic heterocycles. The summed E-state index contributed by atoms with van der Waals surface area (Å²) in [4.78, 5) is 38.6. The zero-order valence-corrected chi connectivity index (χ0v) is 19.0. The summed E-state index contributed by atoms with van der Waals surface area (Å²) in [6.07, 6.45) is -3.96. The van der Waals surface area contributed by atoms with Crippen LogP contribution in [-0.4, -0.2) is 40.6 Å². The predicted octanol–water partition coefficient (Wildman–Crippen LogP) is 2.38. The van der Waals surface area contributed by atoms with Crippen molar-refractivity contribution in [3.63, 3.8) is 0 Å². The number of rotatable bonds is 8. The van der Waals surface area contributed by atoms with Crippen LogP contribution < -0.4 is 16.0 Å². The quantitative estimate of drug-likeness (QED) is 0.454. The first-order valence-electron chi connectivity index (χ1n) is 10.6. The Kier molecular flexibility index (Phi) is 7.90. The lowest BCUT2D eigenvalue weighted by atomic mass is 9.97. The molecule has 0 saturated heterocycles. The van der Waals surface area contributed by atoms with Gasteiger partial charge < -0.3 is 16.0 Å². The number of nitrogens with one attached hydrogen (secondary N) is 3. The standard InChI is InChI=1S/C24H24F3N5O3/c1-28-23(35)20(30-22(34)17-14-32(2)31-21(17)24(25,26)27)19(16-11-7-4-8-12-16)29-18(33)13-15-9-5-3-6-10-15/h3-12,14,19-20H,13H2,1-2H3,(H,28,35)(H,29,33)(H,30,34). The van der Waals surface area contributed by atoms with Gasteiger partial charge in [-0.1, -0.05) is 60.7 Å². The van der Waals surface area contributed by atoms with E-state index in [1.165, 1.54) is 14.1 Å². The van der Waals surface area contributed by atoms with E-state index in [2.05, 4.69) is 21.0 Å². The minimum absolute atomic E-state index is 0.000584. The van der Waals surface area contributed by atoms with Crippen molar-refractivity contribution in [1.29, 1.82) is 0 Å². The molecule has 1 aromatic heterocycles. The SMILES string of the molecule is CNC(=O)C(NC(=O)c1cn(C)nc1C(F)(F)F)C(NC(=O)Cc1ccccc1)c1ccccc1. The van der Waals surface area contributed by atoms with E-state index >= 15 is 0 Å². The Morgan fingerprint density at radius 1 is 0.971 bits per heavy atom. The summed E-state index contributed by atoms with van der Waals surface area (Å²) in [5, 5.41) is 10.8. The van der Waals surface area contributed by atoms with Crippen molar-refractivity contribution in [3.05, 3.63) is 89.2 Å². The number of hydrogen-bond acceptors (Lipinski definition) is 4. The Bertz CT molecular complexity index is 1180. The van der Waals surface area contributed by atoms with Crippen molar-refractivity contribution >= 4 is 17.7 Å². The molecule has 2 unspecified atom stereocenters. The number of nitrogens with zero attached hydrogens (tertiary/aromatic N) is 2. The van der Waals surface area contributed by atoms with Crippen molar-refractivity contribution in [2.75, 3.05) is 7.05 Å². The van der Waals surface area contributed by atoms with Gasteiger partial charge in [-0.15, -0.1) is 0 Å². The normalized spacial score (nSPS) is 12.9. The summed E-state index contributed by atoms with van der Waals surface area (Å²) in [6.45, 7) is 0. The Hall–Kier alpha value is -4.15. The van der Waals surface area contributed by atoms with Crippen LogP contribution >= 0.6 is 0 Å².